The first-order valence-corrected chi connectivity index (χ1v) is 6.02. The van der Waals surface area contributed by atoms with E-state index in [9.17, 15) is 0 Å². The summed E-state index contributed by atoms with van der Waals surface area (Å²) >= 11 is 0. The Balaban J connectivity index is 2.21. The highest BCUT2D eigenvalue weighted by molar-refractivity contribution is 5.19. The smallest absolute Gasteiger partial charge is 0.0273 e. The van der Waals surface area contributed by atoms with Crippen LogP contribution in [-0.2, 0) is 0 Å². The Labute approximate surface area is 97.9 Å². The van der Waals surface area contributed by atoms with Crippen molar-refractivity contribution in [2.75, 3.05) is 0 Å². The van der Waals surface area contributed by atoms with Gasteiger partial charge in [0.25, 0.3) is 0 Å². The third-order valence-corrected chi connectivity index (χ3v) is 3.19. The van der Waals surface area contributed by atoms with Gasteiger partial charge in [-0.1, -0.05) is 50.1 Å². The summed E-state index contributed by atoms with van der Waals surface area (Å²) in [5.74, 6) is 0.110. The minimum atomic E-state index is -1.24. The van der Waals surface area contributed by atoms with Crippen molar-refractivity contribution in [2.45, 2.75) is 51.3 Å². The van der Waals surface area contributed by atoms with Gasteiger partial charge in [-0.25, -0.2) is 0 Å². The highest BCUT2D eigenvalue weighted by atomic mass is 14.3. The Hall–Kier alpha value is -0.780. The molecule has 1 aliphatic carbocycles. The molecule has 15 heavy (non-hydrogen) atoms. The topological polar surface area (TPSA) is 0 Å². The Morgan fingerprint density at radius 1 is 1.27 bits per heavy atom. The van der Waals surface area contributed by atoms with E-state index in [4.69, 9.17) is 4.11 Å². The van der Waals surface area contributed by atoms with Crippen molar-refractivity contribution in [1.82, 2.24) is 0 Å². The second kappa shape index (κ2) is 5.34. The highest BCUT2D eigenvalue weighted by Gasteiger charge is 2.21. The van der Waals surface area contributed by atoms with Crippen LogP contribution in [0.25, 0.3) is 0 Å². The van der Waals surface area contributed by atoms with Gasteiger partial charge in [0.05, 0.1) is 0 Å². The molecule has 0 aliphatic heterocycles. The van der Waals surface area contributed by atoms with E-state index >= 15 is 0 Å². The average Bonchev–Trinajstić information content (AvgIpc) is 2.28. The second-order valence-corrected chi connectivity index (χ2v) is 4.42. The van der Waals surface area contributed by atoms with Crippen LogP contribution in [0.1, 0.15) is 61.0 Å². The molecule has 0 N–H and O–H groups in total. The van der Waals surface area contributed by atoms with Crippen molar-refractivity contribution >= 4 is 0 Å². The summed E-state index contributed by atoms with van der Waals surface area (Å²) in [4.78, 5) is 0. The molecule has 0 amide bonds. The molecule has 0 aromatic heterocycles. The quantitative estimate of drug-likeness (QED) is 0.667. The molecule has 1 aliphatic rings. The molecule has 1 fully saturated rings. The fourth-order valence-electron chi connectivity index (χ4n) is 2.33. The summed E-state index contributed by atoms with van der Waals surface area (Å²) < 4.78 is 24.9. The summed E-state index contributed by atoms with van der Waals surface area (Å²) in [7, 11) is 0. The maximum Gasteiger partial charge on any atom is 0.0273 e. The standard InChI is InChI=1S/C15H22/c1-2-6-13-9-11-15(12-10-13)14-7-4-3-5-8-14/h3-5,7-8,13,15H,2,6,9-12H2,1H3/i11D,12D2. The number of rotatable bonds is 3. The van der Waals surface area contributed by atoms with E-state index in [0.29, 0.717) is 12.3 Å². The van der Waals surface area contributed by atoms with Gasteiger partial charge in [0.15, 0.2) is 0 Å². The predicted molar refractivity (Wildman–Crippen MR) is 66.0 cm³/mol. The normalized spacial score (nSPS) is 37.7. The van der Waals surface area contributed by atoms with Gasteiger partial charge in [-0.3, -0.25) is 0 Å². The van der Waals surface area contributed by atoms with E-state index < -0.39 is 6.37 Å². The Kier molecular flexibility index (Phi) is 2.67. The molecule has 0 heterocycles. The number of hydrogen-bond acceptors (Lipinski definition) is 0. The highest BCUT2D eigenvalue weighted by Crippen LogP contribution is 2.37. The first kappa shape index (κ1) is 7.49. The van der Waals surface area contributed by atoms with Crippen LogP contribution in [0.2, 0.25) is 0 Å². The summed E-state index contributed by atoms with van der Waals surface area (Å²) in [6.45, 7) is 2.14. The Morgan fingerprint density at radius 2 is 2.07 bits per heavy atom. The third-order valence-electron chi connectivity index (χ3n) is 3.19. The number of hydrogen-bond donors (Lipinski definition) is 0. The summed E-state index contributed by atoms with van der Waals surface area (Å²) in [5.41, 5.74) is 0.984. The van der Waals surface area contributed by atoms with Crippen LogP contribution in [0.3, 0.4) is 0 Å². The zero-order chi connectivity index (χ0) is 13.2. The molecule has 0 heteroatoms. The molecular formula is C15H22. The average molecular weight is 205 g/mol. The second-order valence-electron chi connectivity index (χ2n) is 4.42. The molecule has 0 saturated heterocycles. The lowest BCUT2D eigenvalue weighted by molar-refractivity contribution is 0.308. The van der Waals surface area contributed by atoms with Gasteiger partial charge in [0.2, 0.25) is 0 Å². The molecule has 0 nitrogen and oxygen atoms in total. The maximum atomic E-state index is 8.31. The van der Waals surface area contributed by atoms with E-state index in [1.807, 2.05) is 30.3 Å². The van der Waals surface area contributed by atoms with Crippen LogP contribution in [0, 0.1) is 5.92 Å². The van der Waals surface area contributed by atoms with Crippen molar-refractivity contribution < 1.29 is 4.11 Å². The molecule has 0 radical (unpaired) electrons. The van der Waals surface area contributed by atoms with Crippen molar-refractivity contribution in [3.05, 3.63) is 35.9 Å². The SMILES string of the molecule is [2H]C1CC(CCC)CC([2H])([2H])C1c1ccccc1. The van der Waals surface area contributed by atoms with Crippen LogP contribution < -0.4 is 0 Å². The van der Waals surface area contributed by atoms with Gasteiger partial charge in [-0.15, -0.1) is 0 Å². The van der Waals surface area contributed by atoms with Gasteiger partial charge in [-0.2, -0.15) is 0 Å². The first-order valence-electron chi connectivity index (χ1n) is 7.59. The van der Waals surface area contributed by atoms with E-state index in [0.717, 1.165) is 24.8 Å². The van der Waals surface area contributed by atoms with Crippen molar-refractivity contribution in [3.63, 3.8) is 0 Å². The molecule has 1 aromatic rings. The van der Waals surface area contributed by atoms with Crippen molar-refractivity contribution in [1.29, 1.82) is 0 Å². The third kappa shape index (κ3) is 2.84. The molecule has 1 saturated carbocycles. The molecular weight excluding hydrogens is 180 g/mol. The van der Waals surface area contributed by atoms with Gasteiger partial charge in [-0.05, 0) is 43.0 Å². The minimum Gasteiger partial charge on any atom is -0.0654 e. The van der Waals surface area contributed by atoms with Crippen LogP contribution in [0.4, 0.5) is 0 Å². The Bertz CT molecular complexity index is 375. The Morgan fingerprint density at radius 3 is 2.73 bits per heavy atom. The molecule has 3 atom stereocenters. The minimum absolute atomic E-state index is 0.271. The van der Waals surface area contributed by atoms with E-state index in [-0.39, 0.29) is 12.3 Å². The number of benzene rings is 1. The zero-order valence-corrected chi connectivity index (χ0v) is 9.45. The van der Waals surface area contributed by atoms with Gasteiger partial charge < -0.3 is 0 Å². The largest absolute Gasteiger partial charge is 0.0654 e. The van der Waals surface area contributed by atoms with Crippen molar-refractivity contribution in [2.24, 2.45) is 5.92 Å². The van der Waals surface area contributed by atoms with Crippen LogP contribution in [-0.4, -0.2) is 0 Å². The predicted octanol–water partition coefficient (Wildman–Crippen LogP) is 4.76. The molecule has 1 aromatic carbocycles. The van der Waals surface area contributed by atoms with Crippen LogP contribution >= 0.6 is 0 Å². The van der Waals surface area contributed by atoms with Crippen molar-refractivity contribution in [3.8, 4) is 0 Å². The molecule has 2 rings (SSSR count). The molecule has 0 bridgehead atoms. The molecule has 3 unspecified atom stereocenters. The lowest BCUT2D eigenvalue weighted by Crippen LogP contribution is -2.13. The van der Waals surface area contributed by atoms with E-state index in [2.05, 4.69) is 6.92 Å². The lowest BCUT2D eigenvalue weighted by atomic mass is 9.77. The fraction of sp³-hybridized carbons (Fsp3) is 0.600. The first-order chi connectivity index (χ1) is 8.54. The van der Waals surface area contributed by atoms with Crippen LogP contribution in [0.15, 0.2) is 30.3 Å². The van der Waals surface area contributed by atoms with E-state index in [1.54, 1.807) is 0 Å². The maximum absolute atomic E-state index is 8.31. The van der Waals surface area contributed by atoms with Gasteiger partial charge in [0.1, 0.15) is 0 Å². The molecule has 82 valence electrons. The fourth-order valence-corrected chi connectivity index (χ4v) is 2.33. The van der Waals surface area contributed by atoms with E-state index in [1.165, 1.54) is 0 Å². The lowest BCUT2D eigenvalue weighted by Gasteiger charge is -2.28. The van der Waals surface area contributed by atoms with Gasteiger partial charge >= 0.3 is 0 Å². The zero-order valence-electron chi connectivity index (χ0n) is 12.4. The van der Waals surface area contributed by atoms with Gasteiger partial charge in [0, 0.05) is 4.11 Å². The summed E-state index contributed by atoms with van der Waals surface area (Å²) in [5, 5.41) is 0. The molecule has 0 spiro atoms. The summed E-state index contributed by atoms with van der Waals surface area (Å²) in [6.07, 6.45) is 2.03. The monoisotopic (exact) mass is 205 g/mol. The van der Waals surface area contributed by atoms with Crippen LogP contribution in [0.5, 0.6) is 0 Å². The summed E-state index contributed by atoms with van der Waals surface area (Å²) in [6, 6.07) is 9.75.